The average molecular weight is 441 g/mol. The number of aromatic nitrogens is 4. The summed E-state index contributed by atoms with van der Waals surface area (Å²) in [6, 6.07) is 15.2. The third-order valence-corrected chi connectivity index (χ3v) is 6.74. The van der Waals surface area contributed by atoms with E-state index in [1.54, 1.807) is 11.2 Å². The number of hydrogen-bond acceptors (Lipinski definition) is 4. The molecule has 2 aromatic carbocycles. The summed E-state index contributed by atoms with van der Waals surface area (Å²) in [4.78, 5) is 37.6. The van der Waals surface area contributed by atoms with Gasteiger partial charge in [0.25, 0.3) is 11.8 Å². The summed E-state index contributed by atoms with van der Waals surface area (Å²) in [5, 5.41) is 7.40. The number of nitrogens with one attached hydrogen (secondary N) is 2. The topological polar surface area (TPSA) is 98.0 Å². The first-order chi connectivity index (χ1) is 16.2. The van der Waals surface area contributed by atoms with E-state index in [4.69, 9.17) is 0 Å². The zero-order valence-electron chi connectivity index (χ0n) is 18.1. The number of piperidine rings is 1. The van der Waals surface area contributed by atoms with Gasteiger partial charge in [0, 0.05) is 24.3 Å². The quantitative estimate of drug-likeness (QED) is 0.505. The molecule has 4 aromatic rings. The molecular weight excluding hydrogens is 416 g/mol. The number of amides is 2. The number of rotatable bonds is 3. The number of para-hydroxylation sites is 1. The zero-order chi connectivity index (χ0) is 22.4. The molecule has 1 saturated heterocycles. The van der Waals surface area contributed by atoms with Gasteiger partial charge in [-0.25, -0.2) is 4.98 Å². The number of H-pyrrole nitrogens is 2. The van der Waals surface area contributed by atoms with Crippen LogP contribution in [0, 0.1) is 0 Å². The molecule has 33 heavy (non-hydrogen) atoms. The molecule has 2 amide bonds. The Kier molecular flexibility index (Phi) is 4.71. The van der Waals surface area contributed by atoms with E-state index in [0.717, 1.165) is 48.1 Å². The summed E-state index contributed by atoms with van der Waals surface area (Å²) in [6.07, 6.45) is 5.30. The van der Waals surface area contributed by atoms with Gasteiger partial charge in [0.1, 0.15) is 0 Å². The number of imidazole rings is 1. The van der Waals surface area contributed by atoms with E-state index in [-0.39, 0.29) is 17.9 Å². The van der Waals surface area contributed by atoms with Gasteiger partial charge < -0.3 is 14.8 Å². The van der Waals surface area contributed by atoms with Crippen molar-refractivity contribution in [2.75, 3.05) is 18.0 Å². The van der Waals surface area contributed by atoms with Gasteiger partial charge >= 0.3 is 0 Å². The van der Waals surface area contributed by atoms with E-state index in [0.29, 0.717) is 24.3 Å². The van der Waals surface area contributed by atoms with Crippen molar-refractivity contribution in [3.8, 4) is 0 Å². The summed E-state index contributed by atoms with van der Waals surface area (Å²) in [6.45, 7) is 1.33. The second kappa shape index (κ2) is 7.88. The Bertz CT molecular complexity index is 1360. The SMILES string of the molecule is O=C(c1cc(C2CCCCN2C(=O)c2ccc3nc[nH]c3c2)[nH]n1)N1CCc2ccccc21. The van der Waals surface area contributed by atoms with Crippen molar-refractivity contribution in [2.24, 2.45) is 0 Å². The highest BCUT2D eigenvalue weighted by Gasteiger charge is 2.32. The van der Waals surface area contributed by atoms with Crippen LogP contribution in [0.4, 0.5) is 5.69 Å². The molecule has 2 aromatic heterocycles. The standard InChI is InChI=1S/C25H24N6O2/c32-24(17-8-9-18-19(13-17)27-15-26-18)30-11-4-3-7-23(30)20-14-21(29-28-20)25(33)31-12-10-16-5-1-2-6-22(16)31/h1-2,5-6,8-9,13-15,23H,3-4,7,10-12H2,(H,26,27)(H,28,29). The van der Waals surface area contributed by atoms with E-state index < -0.39 is 0 Å². The molecule has 8 heteroatoms. The fraction of sp³-hybridized carbons (Fsp3) is 0.280. The van der Waals surface area contributed by atoms with Crippen molar-refractivity contribution in [1.82, 2.24) is 25.1 Å². The van der Waals surface area contributed by atoms with Gasteiger partial charge in [0.15, 0.2) is 5.69 Å². The van der Waals surface area contributed by atoms with Crippen molar-refractivity contribution in [3.63, 3.8) is 0 Å². The van der Waals surface area contributed by atoms with Gasteiger partial charge in [-0.05, 0) is 61.6 Å². The number of nitrogens with zero attached hydrogens (tertiary/aromatic N) is 4. The van der Waals surface area contributed by atoms with Crippen LogP contribution in [-0.2, 0) is 6.42 Å². The smallest absolute Gasteiger partial charge is 0.278 e. The number of aromatic amines is 2. The molecule has 2 N–H and O–H groups in total. The largest absolute Gasteiger partial charge is 0.345 e. The Labute approximate surface area is 190 Å². The van der Waals surface area contributed by atoms with Crippen LogP contribution in [0.2, 0.25) is 0 Å². The molecule has 0 bridgehead atoms. The molecule has 0 saturated carbocycles. The molecule has 1 unspecified atom stereocenters. The third-order valence-electron chi connectivity index (χ3n) is 6.74. The van der Waals surface area contributed by atoms with E-state index >= 15 is 0 Å². The normalized spacial score (nSPS) is 18.0. The first kappa shape index (κ1) is 19.7. The molecule has 2 aliphatic heterocycles. The predicted octanol–water partition coefficient (Wildman–Crippen LogP) is 3.86. The molecule has 6 rings (SSSR count). The molecule has 166 valence electrons. The van der Waals surface area contributed by atoms with Crippen LogP contribution in [-0.4, -0.2) is 50.0 Å². The fourth-order valence-electron chi connectivity index (χ4n) is 5.04. The maximum atomic E-state index is 13.4. The molecule has 1 fully saturated rings. The minimum absolute atomic E-state index is 0.0212. The maximum Gasteiger partial charge on any atom is 0.278 e. The summed E-state index contributed by atoms with van der Waals surface area (Å²) in [5.74, 6) is -0.132. The van der Waals surface area contributed by atoms with E-state index in [1.165, 1.54) is 5.56 Å². The summed E-state index contributed by atoms with van der Waals surface area (Å²) < 4.78 is 0. The van der Waals surface area contributed by atoms with Crippen molar-refractivity contribution in [1.29, 1.82) is 0 Å². The number of anilines is 1. The van der Waals surface area contributed by atoms with Crippen LogP contribution < -0.4 is 4.90 Å². The molecule has 0 radical (unpaired) electrons. The van der Waals surface area contributed by atoms with Crippen molar-refractivity contribution in [2.45, 2.75) is 31.7 Å². The molecule has 8 nitrogen and oxygen atoms in total. The lowest BCUT2D eigenvalue weighted by Gasteiger charge is -2.35. The first-order valence-electron chi connectivity index (χ1n) is 11.4. The number of benzene rings is 2. The minimum Gasteiger partial charge on any atom is -0.345 e. The summed E-state index contributed by atoms with van der Waals surface area (Å²) >= 11 is 0. The third kappa shape index (κ3) is 3.38. The van der Waals surface area contributed by atoms with Gasteiger partial charge in [-0.1, -0.05) is 18.2 Å². The van der Waals surface area contributed by atoms with Gasteiger partial charge in [0.2, 0.25) is 0 Å². The Morgan fingerprint density at radius 1 is 1.00 bits per heavy atom. The second-order valence-electron chi connectivity index (χ2n) is 8.69. The lowest BCUT2D eigenvalue weighted by Crippen LogP contribution is -2.38. The van der Waals surface area contributed by atoms with Gasteiger partial charge in [-0.2, -0.15) is 5.10 Å². The summed E-state index contributed by atoms with van der Waals surface area (Å²) in [7, 11) is 0. The molecule has 4 heterocycles. The lowest BCUT2D eigenvalue weighted by atomic mass is 9.98. The summed E-state index contributed by atoms with van der Waals surface area (Å²) in [5.41, 5.74) is 5.63. The Morgan fingerprint density at radius 2 is 1.91 bits per heavy atom. The van der Waals surface area contributed by atoms with Gasteiger partial charge in [-0.3, -0.25) is 14.7 Å². The van der Waals surface area contributed by atoms with Crippen LogP contribution in [0.5, 0.6) is 0 Å². The Morgan fingerprint density at radius 3 is 2.85 bits per heavy atom. The number of hydrogen-bond donors (Lipinski definition) is 2. The number of carbonyl (C=O) groups excluding carboxylic acids is 2. The first-order valence-corrected chi connectivity index (χ1v) is 11.4. The predicted molar refractivity (Wildman–Crippen MR) is 124 cm³/mol. The van der Waals surface area contributed by atoms with Crippen molar-refractivity contribution < 1.29 is 9.59 Å². The van der Waals surface area contributed by atoms with Gasteiger partial charge in [0.05, 0.1) is 29.1 Å². The van der Waals surface area contributed by atoms with E-state index in [2.05, 4.69) is 26.2 Å². The monoisotopic (exact) mass is 440 g/mol. The number of fused-ring (bicyclic) bond motifs is 2. The van der Waals surface area contributed by atoms with E-state index in [1.807, 2.05) is 47.4 Å². The van der Waals surface area contributed by atoms with Crippen LogP contribution in [0.25, 0.3) is 11.0 Å². The van der Waals surface area contributed by atoms with Gasteiger partial charge in [-0.15, -0.1) is 0 Å². The molecule has 0 aliphatic carbocycles. The molecule has 1 atom stereocenters. The Balaban J connectivity index is 1.26. The van der Waals surface area contributed by atoms with Crippen molar-refractivity contribution in [3.05, 3.63) is 77.4 Å². The van der Waals surface area contributed by atoms with Crippen LogP contribution >= 0.6 is 0 Å². The number of carbonyl (C=O) groups is 2. The van der Waals surface area contributed by atoms with Crippen LogP contribution in [0.3, 0.4) is 0 Å². The highest BCUT2D eigenvalue weighted by molar-refractivity contribution is 6.06. The molecular formula is C25H24N6O2. The second-order valence-corrected chi connectivity index (χ2v) is 8.69. The van der Waals surface area contributed by atoms with E-state index in [9.17, 15) is 9.59 Å². The maximum absolute atomic E-state index is 13.4. The average Bonchev–Trinajstić information content (AvgIpc) is 3.62. The molecule has 2 aliphatic rings. The Hall–Kier alpha value is -3.94. The fourth-order valence-corrected chi connectivity index (χ4v) is 5.04. The zero-order valence-corrected chi connectivity index (χ0v) is 18.1. The highest BCUT2D eigenvalue weighted by Crippen LogP contribution is 2.33. The van der Waals surface area contributed by atoms with Crippen LogP contribution in [0.1, 0.15) is 57.4 Å². The van der Waals surface area contributed by atoms with Crippen LogP contribution in [0.15, 0.2) is 54.9 Å². The molecule has 0 spiro atoms. The van der Waals surface area contributed by atoms with Crippen molar-refractivity contribution >= 4 is 28.5 Å². The number of likely N-dealkylation sites (tertiary alicyclic amines) is 1. The lowest BCUT2D eigenvalue weighted by molar-refractivity contribution is 0.0606. The minimum atomic E-state index is -0.136. The highest BCUT2D eigenvalue weighted by atomic mass is 16.2.